The second-order valence-corrected chi connectivity index (χ2v) is 1.88. The van der Waals surface area contributed by atoms with Crippen LogP contribution in [0, 0.1) is 0 Å². The van der Waals surface area contributed by atoms with Gasteiger partial charge in [-0.1, -0.05) is 19.2 Å². The van der Waals surface area contributed by atoms with Gasteiger partial charge in [-0.25, -0.2) is 0 Å². The van der Waals surface area contributed by atoms with Crippen molar-refractivity contribution in [3.8, 4) is 0 Å². The zero-order valence-electron chi connectivity index (χ0n) is 6.39. The van der Waals surface area contributed by atoms with E-state index >= 15 is 0 Å². The lowest BCUT2D eigenvalue weighted by atomic mass is 9.78. The maximum absolute atomic E-state index is 4.08. The average molecular weight is 122 g/mol. The van der Waals surface area contributed by atoms with Crippen LogP contribution >= 0.6 is 0 Å². The van der Waals surface area contributed by atoms with Crippen LogP contribution in [0.25, 0.3) is 0 Å². The summed E-state index contributed by atoms with van der Waals surface area (Å²) in [5.74, 6) is 0. The number of allylic oxidation sites excluding steroid dienone is 2. The highest BCUT2D eigenvalue weighted by Gasteiger charge is 1.79. The minimum absolute atomic E-state index is 1.02. The number of aliphatic imine (C=N–C) groups is 1. The van der Waals surface area contributed by atoms with Crippen LogP contribution in [0.1, 0.15) is 13.8 Å². The fourth-order valence-corrected chi connectivity index (χ4v) is 0.545. The van der Waals surface area contributed by atoms with Crippen molar-refractivity contribution >= 4 is 13.5 Å². The van der Waals surface area contributed by atoms with Crippen molar-refractivity contribution in [2.75, 3.05) is 0 Å². The highest BCUT2D eigenvalue weighted by Crippen LogP contribution is 1.95. The van der Waals surface area contributed by atoms with Crippen molar-refractivity contribution in [3.63, 3.8) is 0 Å². The molecule has 0 aliphatic carbocycles. The first-order chi connectivity index (χ1) is 4.31. The highest BCUT2D eigenvalue weighted by molar-refractivity contribution is 6.34. The van der Waals surface area contributed by atoms with Crippen molar-refractivity contribution in [1.29, 1.82) is 0 Å². The molecule has 0 aromatic rings. The smallest absolute Gasteiger partial charge is 0.110 e. The number of hydrogen-bond acceptors (Lipinski definition) is 1. The van der Waals surface area contributed by atoms with Crippen LogP contribution in [0.5, 0.6) is 0 Å². The Balaban J connectivity index is 3.55. The Labute approximate surface area is 58.1 Å². The molecule has 0 fully saturated rings. The Morgan fingerprint density at radius 2 is 2.33 bits per heavy atom. The molecule has 0 aliphatic heterocycles. The fourth-order valence-electron chi connectivity index (χ4n) is 0.545. The molecule has 1 radical (unpaired) electrons. The summed E-state index contributed by atoms with van der Waals surface area (Å²) in [6, 6.07) is 0. The molecule has 0 amide bonds. The Bertz CT molecular complexity index is 116. The van der Waals surface area contributed by atoms with E-state index in [4.69, 9.17) is 0 Å². The molecule has 0 aliphatic rings. The highest BCUT2D eigenvalue weighted by atomic mass is 14.7. The summed E-state index contributed by atoms with van der Waals surface area (Å²) in [7, 11) is 2.11. The van der Waals surface area contributed by atoms with E-state index in [2.05, 4.69) is 18.3 Å². The molecule has 0 bridgehead atoms. The lowest BCUT2D eigenvalue weighted by Crippen LogP contribution is -1.76. The Kier molecular flexibility index (Phi) is 5.28. The molecule has 0 atom stereocenters. The van der Waals surface area contributed by atoms with Gasteiger partial charge in [-0.2, -0.15) is 0 Å². The largest absolute Gasteiger partial charge is 0.267 e. The normalized spacial score (nSPS) is 12.6. The summed E-state index contributed by atoms with van der Waals surface area (Å²) < 4.78 is 0. The van der Waals surface area contributed by atoms with E-state index in [9.17, 15) is 0 Å². The average Bonchev–Trinajstić information content (AvgIpc) is 1.85. The summed E-state index contributed by atoms with van der Waals surface area (Å²) in [5.41, 5.74) is 1.09. The topological polar surface area (TPSA) is 12.4 Å². The van der Waals surface area contributed by atoms with Crippen LogP contribution < -0.4 is 0 Å². The number of nitrogens with zero attached hydrogens (tertiary/aromatic N) is 1. The summed E-state index contributed by atoms with van der Waals surface area (Å²) >= 11 is 0. The fraction of sp³-hybridized carbons (Fsp3) is 0.571. The first-order valence-corrected chi connectivity index (χ1v) is 3.24. The van der Waals surface area contributed by atoms with Crippen LogP contribution in [-0.4, -0.2) is 13.5 Å². The van der Waals surface area contributed by atoms with Gasteiger partial charge in [-0.15, -0.1) is 0 Å². The predicted molar refractivity (Wildman–Crippen MR) is 44.3 cm³/mol. The summed E-state index contributed by atoms with van der Waals surface area (Å²) in [5, 5.41) is 0. The molecule has 0 saturated heterocycles. The molecule has 9 heavy (non-hydrogen) atoms. The van der Waals surface area contributed by atoms with Gasteiger partial charge in [0.1, 0.15) is 7.28 Å². The van der Waals surface area contributed by atoms with Gasteiger partial charge in [0.05, 0.1) is 0 Å². The van der Waals surface area contributed by atoms with Crippen molar-refractivity contribution in [2.45, 2.75) is 27.0 Å². The van der Waals surface area contributed by atoms with Gasteiger partial charge in [0.2, 0.25) is 0 Å². The summed E-state index contributed by atoms with van der Waals surface area (Å²) in [6.45, 7) is 5.97. The van der Waals surface area contributed by atoms with Crippen LogP contribution in [0.2, 0.25) is 13.1 Å². The van der Waals surface area contributed by atoms with Crippen molar-refractivity contribution in [1.82, 2.24) is 0 Å². The molecule has 0 aromatic carbocycles. The van der Waals surface area contributed by atoms with E-state index in [0.717, 1.165) is 12.0 Å². The van der Waals surface area contributed by atoms with E-state index in [1.54, 1.807) is 0 Å². The van der Waals surface area contributed by atoms with E-state index in [0.29, 0.717) is 0 Å². The summed E-state index contributed by atoms with van der Waals surface area (Å²) in [6.07, 6.45) is 4.92. The number of hydrogen-bond donors (Lipinski definition) is 0. The molecule has 49 valence electrons. The van der Waals surface area contributed by atoms with Gasteiger partial charge in [0.25, 0.3) is 0 Å². The third kappa shape index (κ3) is 5.34. The molecular weight excluding hydrogens is 109 g/mol. The first kappa shape index (κ1) is 8.47. The van der Waals surface area contributed by atoms with Crippen LogP contribution in [0.15, 0.2) is 16.8 Å². The molecule has 1 nitrogen and oxygen atoms in total. The first-order valence-electron chi connectivity index (χ1n) is 3.24. The lowest BCUT2D eigenvalue weighted by molar-refractivity contribution is 1.29. The molecule has 0 spiro atoms. The molecule has 0 N–H and O–H groups in total. The SMILES string of the molecule is C[B]C/C=C(/C)N=CC. The standard InChI is InChI=1S/C7H13BN/c1-4-9-7(2)5-6-8-3/h4-5H,6H2,1-3H3/b7-5-,9-4?. The third-order valence-corrected chi connectivity index (χ3v) is 0.982. The second-order valence-electron chi connectivity index (χ2n) is 1.88. The van der Waals surface area contributed by atoms with E-state index in [-0.39, 0.29) is 0 Å². The Hall–Kier alpha value is -0.525. The minimum atomic E-state index is 1.02. The quantitative estimate of drug-likeness (QED) is 0.401. The van der Waals surface area contributed by atoms with Gasteiger partial charge >= 0.3 is 0 Å². The number of rotatable bonds is 3. The monoisotopic (exact) mass is 122 g/mol. The molecular formula is C7H13BN. The molecule has 2 heteroatoms. The zero-order valence-corrected chi connectivity index (χ0v) is 6.39. The zero-order chi connectivity index (χ0) is 7.11. The van der Waals surface area contributed by atoms with Crippen LogP contribution in [-0.2, 0) is 0 Å². The van der Waals surface area contributed by atoms with Crippen LogP contribution in [0.3, 0.4) is 0 Å². The van der Waals surface area contributed by atoms with E-state index < -0.39 is 0 Å². The third-order valence-electron chi connectivity index (χ3n) is 0.982. The Morgan fingerprint density at radius 3 is 2.78 bits per heavy atom. The van der Waals surface area contributed by atoms with Crippen molar-refractivity contribution < 1.29 is 0 Å². The van der Waals surface area contributed by atoms with E-state index in [1.165, 1.54) is 0 Å². The van der Waals surface area contributed by atoms with Gasteiger partial charge < -0.3 is 0 Å². The van der Waals surface area contributed by atoms with Gasteiger partial charge in [0.15, 0.2) is 0 Å². The molecule has 0 heterocycles. The van der Waals surface area contributed by atoms with Gasteiger partial charge in [0, 0.05) is 11.9 Å². The summed E-state index contributed by atoms with van der Waals surface area (Å²) in [4.78, 5) is 4.08. The lowest BCUT2D eigenvalue weighted by Gasteiger charge is -1.87. The van der Waals surface area contributed by atoms with E-state index in [1.807, 2.05) is 26.9 Å². The van der Waals surface area contributed by atoms with Gasteiger partial charge in [-0.05, 0) is 13.8 Å². The molecule has 0 rings (SSSR count). The maximum Gasteiger partial charge on any atom is 0.110 e. The van der Waals surface area contributed by atoms with Crippen LogP contribution in [0.4, 0.5) is 0 Å². The Morgan fingerprint density at radius 1 is 1.67 bits per heavy atom. The minimum Gasteiger partial charge on any atom is -0.267 e. The van der Waals surface area contributed by atoms with Crippen molar-refractivity contribution in [3.05, 3.63) is 11.8 Å². The predicted octanol–water partition coefficient (Wildman–Crippen LogP) is 2.15. The van der Waals surface area contributed by atoms with Crippen molar-refractivity contribution in [2.24, 2.45) is 4.99 Å². The molecule has 0 aromatic heterocycles. The molecule has 0 saturated carbocycles. The van der Waals surface area contributed by atoms with Gasteiger partial charge in [-0.3, -0.25) is 4.99 Å². The second kappa shape index (κ2) is 5.61. The molecule has 0 unspecified atom stereocenters. The maximum atomic E-state index is 4.08.